The summed E-state index contributed by atoms with van der Waals surface area (Å²) in [5, 5.41) is 3.26. The zero-order valence-corrected chi connectivity index (χ0v) is 11.4. The van der Waals surface area contributed by atoms with Gasteiger partial charge in [0.05, 0.1) is 12.5 Å². The number of nitrogens with one attached hydrogen (secondary N) is 1. The minimum Gasteiger partial charge on any atom is -0.458 e. The van der Waals surface area contributed by atoms with Crippen molar-refractivity contribution in [1.82, 2.24) is 10.2 Å². The van der Waals surface area contributed by atoms with Gasteiger partial charge in [0.15, 0.2) is 0 Å². The van der Waals surface area contributed by atoms with Crippen LogP contribution in [0.3, 0.4) is 0 Å². The quantitative estimate of drug-likeness (QED) is 0.695. The smallest absolute Gasteiger partial charge is 0.320 e. The van der Waals surface area contributed by atoms with Crippen LogP contribution in [0.2, 0.25) is 0 Å². The Morgan fingerprint density at radius 3 is 2.95 bits per heavy atom. The zero-order valence-electron chi connectivity index (χ0n) is 11.4. The zero-order chi connectivity index (χ0) is 13.7. The molecule has 2 saturated heterocycles. The van der Waals surface area contributed by atoms with Crippen LogP contribution in [0.25, 0.3) is 0 Å². The van der Waals surface area contributed by atoms with Gasteiger partial charge in [0.1, 0.15) is 12.2 Å². The first-order valence-corrected chi connectivity index (χ1v) is 7.55. The molecule has 0 aromatic carbocycles. The van der Waals surface area contributed by atoms with E-state index in [1.165, 1.54) is 0 Å². The molecule has 2 bridgehead atoms. The van der Waals surface area contributed by atoms with Crippen LogP contribution in [0.1, 0.15) is 12.8 Å². The van der Waals surface area contributed by atoms with Gasteiger partial charge < -0.3 is 14.8 Å². The van der Waals surface area contributed by atoms with E-state index in [4.69, 9.17) is 9.47 Å². The van der Waals surface area contributed by atoms with Crippen molar-refractivity contribution in [2.45, 2.75) is 25.0 Å². The minimum atomic E-state index is -0.196. The highest BCUT2D eigenvalue weighted by Crippen LogP contribution is 2.55. The van der Waals surface area contributed by atoms with Crippen molar-refractivity contribution in [1.29, 1.82) is 0 Å². The average molecular weight is 280 g/mol. The predicted molar refractivity (Wildman–Crippen MR) is 68.8 cm³/mol. The van der Waals surface area contributed by atoms with Gasteiger partial charge in [0.2, 0.25) is 0 Å². The Morgan fingerprint density at radius 2 is 2.15 bits per heavy atom. The van der Waals surface area contributed by atoms with Gasteiger partial charge in [-0.1, -0.05) is 0 Å². The average Bonchev–Trinajstić information content (AvgIpc) is 3.04. The standard InChI is InChI=1S/C14H20N2O4/c17-11(7-16-3-1-15-2-4-16)19-12-8-5-9-10(6-8)14(18)20-13(9)12/h8-10,12-13,15H,1-7H2. The molecule has 0 aromatic rings. The second kappa shape index (κ2) is 4.70. The fourth-order valence-corrected chi connectivity index (χ4v) is 4.31. The van der Waals surface area contributed by atoms with E-state index >= 15 is 0 Å². The SMILES string of the molecule is O=C(CN1CCNCC1)OC1C2CC3C(=O)OC1C3C2. The summed E-state index contributed by atoms with van der Waals surface area (Å²) in [6.45, 7) is 3.95. The van der Waals surface area contributed by atoms with E-state index in [9.17, 15) is 9.59 Å². The second-order valence-electron chi connectivity index (χ2n) is 6.38. The van der Waals surface area contributed by atoms with Crippen LogP contribution in [0, 0.1) is 17.8 Å². The number of rotatable bonds is 3. The van der Waals surface area contributed by atoms with Crippen molar-refractivity contribution in [2.24, 2.45) is 17.8 Å². The van der Waals surface area contributed by atoms with Crippen LogP contribution in [-0.4, -0.2) is 61.8 Å². The van der Waals surface area contributed by atoms with Crippen molar-refractivity contribution in [3.63, 3.8) is 0 Å². The van der Waals surface area contributed by atoms with Gasteiger partial charge in [-0.2, -0.15) is 0 Å². The first-order valence-electron chi connectivity index (χ1n) is 7.55. The van der Waals surface area contributed by atoms with E-state index in [0.29, 0.717) is 18.4 Å². The molecule has 110 valence electrons. The summed E-state index contributed by atoms with van der Waals surface area (Å²) in [4.78, 5) is 25.8. The van der Waals surface area contributed by atoms with E-state index in [1.807, 2.05) is 0 Å². The fraction of sp³-hybridized carbons (Fsp3) is 0.857. The molecule has 2 aliphatic heterocycles. The van der Waals surface area contributed by atoms with Gasteiger partial charge in [-0.05, 0) is 12.8 Å². The van der Waals surface area contributed by atoms with E-state index in [1.54, 1.807) is 0 Å². The Labute approximate surface area is 117 Å². The molecule has 20 heavy (non-hydrogen) atoms. The second-order valence-corrected chi connectivity index (χ2v) is 6.38. The number of carbonyl (C=O) groups excluding carboxylic acids is 2. The summed E-state index contributed by atoms with van der Waals surface area (Å²) in [7, 11) is 0. The number of fused-ring (bicyclic) bond motifs is 1. The van der Waals surface area contributed by atoms with E-state index in [-0.39, 0.29) is 30.1 Å². The molecule has 4 rings (SSSR count). The topological polar surface area (TPSA) is 67.9 Å². The predicted octanol–water partition coefficient (Wildman–Crippen LogP) is -0.615. The fourth-order valence-electron chi connectivity index (χ4n) is 4.31. The molecule has 6 heteroatoms. The van der Waals surface area contributed by atoms with E-state index in [2.05, 4.69) is 10.2 Å². The number of nitrogens with zero attached hydrogens (tertiary/aromatic N) is 1. The highest BCUT2D eigenvalue weighted by atomic mass is 16.6. The normalized spacial score (nSPS) is 42.8. The van der Waals surface area contributed by atoms with Crippen molar-refractivity contribution in [3.05, 3.63) is 0 Å². The number of carbonyl (C=O) groups is 2. The van der Waals surface area contributed by atoms with Gasteiger partial charge in [-0.25, -0.2) is 0 Å². The molecule has 0 amide bonds. The van der Waals surface area contributed by atoms with Crippen molar-refractivity contribution >= 4 is 11.9 Å². The van der Waals surface area contributed by atoms with E-state index in [0.717, 1.165) is 39.0 Å². The van der Waals surface area contributed by atoms with Crippen LogP contribution in [0.4, 0.5) is 0 Å². The molecule has 2 aliphatic carbocycles. The molecule has 2 heterocycles. The van der Waals surface area contributed by atoms with Crippen molar-refractivity contribution in [2.75, 3.05) is 32.7 Å². The maximum Gasteiger partial charge on any atom is 0.320 e. The maximum absolute atomic E-state index is 12.1. The largest absolute Gasteiger partial charge is 0.458 e. The Bertz CT molecular complexity index is 435. The molecule has 2 saturated carbocycles. The summed E-state index contributed by atoms with van der Waals surface area (Å²) in [5.74, 6) is 0.443. The number of hydrogen-bond donors (Lipinski definition) is 1. The summed E-state index contributed by atoms with van der Waals surface area (Å²) >= 11 is 0. The Balaban J connectivity index is 1.35. The van der Waals surface area contributed by atoms with Crippen LogP contribution < -0.4 is 5.32 Å². The lowest BCUT2D eigenvalue weighted by atomic mass is 9.88. The molecule has 0 spiro atoms. The summed E-state index contributed by atoms with van der Waals surface area (Å²) in [5.41, 5.74) is 0. The van der Waals surface area contributed by atoms with Crippen molar-refractivity contribution in [3.8, 4) is 0 Å². The number of esters is 2. The summed E-state index contributed by atoms with van der Waals surface area (Å²) in [6.07, 6.45) is 1.45. The van der Waals surface area contributed by atoms with Crippen LogP contribution in [0.5, 0.6) is 0 Å². The molecule has 1 N–H and O–H groups in total. The third-order valence-electron chi connectivity index (χ3n) is 5.24. The maximum atomic E-state index is 12.1. The molecule has 5 atom stereocenters. The number of hydrogen-bond acceptors (Lipinski definition) is 6. The minimum absolute atomic E-state index is 0.0770. The first kappa shape index (κ1) is 12.6. The van der Waals surface area contributed by atoms with Gasteiger partial charge in [0.25, 0.3) is 0 Å². The highest BCUT2D eigenvalue weighted by Gasteiger charge is 2.63. The molecule has 0 radical (unpaired) electrons. The molecule has 4 fully saturated rings. The number of ether oxygens (including phenoxy) is 2. The van der Waals surface area contributed by atoms with Crippen molar-refractivity contribution < 1.29 is 19.1 Å². The number of piperazine rings is 1. The lowest BCUT2D eigenvalue weighted by Gasteiger charge is -2.29. The molecule has 6 nitrogen and oxygen atoms in total. The third-order valence-corrected chi connectivity index (χ3v) is 5.24. The highest BCUT2D eigenvalue weighted by molar-refractivity contribution is 5.77. The lowest BCUT2D eigenvalue weighted by Crippen LogP contribution is -2.47. The Kier molecular flexibility index (Phi) is 2.96. The van der Waals surface area contributed by atoms with Gasteiger partial charge in [-0.3, -0.25) is 14.5 Å². The summed E-state index contributed by atoms with van der Waals surface area (Å²) in [6, 6.07) is 0. The third kappa shape index (κ3) is 1.93. The van der Waals surface area contributed by atoms with Crippen LogP contribution >= 0.6 is 0 Å². The van der Waals surface area contributed by atoms with Gasteiger partial charge in [0, 0.05) is 38.0 Å². The lowest BCUT2D eigenvalue weighted by molar-refractivity contribution is -0.162. The molecular formula is C14H20N2O4. The monoisotopic (exact) mass is 280 g/mol. The van der Waals surface area contributed by atoms with Crippen LogP contribution in [-0.2, 0) is 19.1 Å². The van der Waals surface area contributed by atoms with Crippen LogP contribution in [0.15, 0.2) is 0 Å². The Morgan fingerprint density at radius 1 is 1.35 bits per heavy atom. The molecular weight excluding hydrogens is 260 g/mol. The molecule has 4 aliphatic rings. The Hall–Kier alpha value is -1.14. The van der Waals surface area contributed by atoms with E-state index < -0.39 is 0 Å². The summed E-state index contributed by atoms with van der Waals surface area (Å²) < 4.78 is 11.1. The van der Waals surface area contributed by atoms with Gasteiger partial charge >= 0.3 is 11.9 Å². The first-order chi connectivity index (χ1) is 9.72. The molecule has 5 unspecified atom stereocenters. The van der Waals surface area contributed by atoms with Gasteiger partial charge in [-0.15, -0.1) is 0 Å². The molecule has 0 aromatic heterocycles.